The lowest BCUT2D eigenvalue weighted by Crippen LogP contribution is -2.03. The number of hydrogen-bond donors (Lipinski definition) is 0. The average Bonchev–Trinajstić information content (AvgIpc) is 2.77. The molecule has 0 fully saturated rings. The van der Waals surface area contributed by atoms with Gasteiger partial charge in [-0.3, -0.25) is 9.78 Å². The van der Waals surface area contributed by atoms with Crippen molar-refractivity contribution in [2.24, 2.45) is 0 Å². The maximum absolute atomic E-state index is 11.9. The number of carbonyl (C=O) groups is 1. The van der Waals surface area contributed by atoms with Crippen molar-refractivity contribution in [2.45, 2.75) is 26.7 Å². The molecular weight excluding hydrogens is 232 g/mol. The maximum atomic E-state index is 11.9. The average molecular weight is 246 g/mol. The second-order valence-corrected chi connectivity index (χ2v) is 5.09. The van der Waals surface area contributed by atoms with E-state index in [-0.39, 0.29) is 5.78 Å². The van der Waals surface area contributed by atoms with Crippen molar-refractivity contribution in [3.05, 3.63) is 45.7 Å². The zero-order valence-electron chi connectivity index (χ0n) is 9.93. The van der Waals surface area contributed by atoms with Gasteiger partial charge < -0.3 is 0 Å². The van der Waals surface area contributed by atoms with E-state index in [2.05, 4.69) is 16.9 Å². The molecule has 88 valence electrons. The number of thiazole rings is 1. The quantitative estimate of drug-likeness (QED) is 0.779. The first-order valence-corrected chi connectivity index (χ1v) is 6.40. The van der Waals surface area contributed by atoms with Crippen LogP contribution in [0.4, 0.5) is 0 Å². The molecule has 17 heavy (non-hydrogen) atoms. The van der Waals surface area contributed by atoms with Gasteiger partial charge in [0.2, 0.25) is 0 Å². The second-order valence-electron chi connectivity index (χ2n) is 3.85. The van der Waals surface area contributed by atoms with E-state index >= 15 is 0 Å². The van der Waals surface area contributed by atoms with E-state index in [1.807, 2.05) is 25.3 Å². The summed E-state index contributed by atoms with van der Waals surface area (Å²) in [4.78, 5) is 21.0. The van der Waals surface area contributed by atoms with Crippen LogP contribution in [0.5, 0.6) is 0 Å². The SMILES string of the molecule is CCc1ccc(CC(=O)c2cnc(C)s2)nc1. The molecule has 0 aliphatic rings. The van der Waals surface area contributed by atoms with Crippen LogP contribution >= 0.6 is 11.3 Å². The van der Waals surface area contributed by atoms with E-state index in [1.165, 1.54) is 16.9 Å². The lowest BCUT2D eigenvalue weighted by Gasteiger charge is -2.00. The number of ketones is 1. The van der Waals surface area contributed by atoms with Crippen molar-refractivity contribution in [1.82, 2.24) is 9.97 Å². The number of carbonyl (C=O) groups excluding carboxylic acids is 1. The molecule has 0 aliphatic heterocycles. The largest absolute Gasteiger partial charge is 0.293 e. The fraction of sp³-hybridized carbons (Fsp3) is 0.308. The Balaban J connectivity index is 2.07. The van der Waals surface area contributed by atoms with Crippen LogP contribution in [0.2, 0.25) is 0 Å². The highest BCUT2D eigenvalue weighted by molar-refractivity contribution is 7.13. The van der Waals surface area contributed by atoms with Gasteiger partial charge in [0.15, 0.2) is 5.78 Å². The van der Waals surface area contributed by atoms with Crippen LogP contribution in [0.15, 0.2) is 24.5 Å². The molecule has 0 saturated carbocycles. The molecule has 4 heteroatoms. The van der Waals surface area contributed by atoms with Crippen molar-refractivity contribution in [3.63, 3.8) is 0 Å². The third-order valence-electron chi connectivity index (χ3n) is 2.53. The molecule has 2 heterocycles. The Hall–Kier alpha value is -1.55. The molecule has 0 N–H and O–H groups in total. The van der Waals surface area contributed by atoms with Crippen molar-refractivity contribution in [3.8, 4) is 0 Å². The highest BCUT2D eigenvalue weighted by Gasteiger charge is 2.10. The van der Waals surface area contributed by atoms with E-state index in [4.69, 9.17) is 0 Å². The van der Waals surface area contributed by atoms with Gasteiger partial charge in [0.05, 0.1) is 16.3 Å². The summed E-state index contributed by atoms with van der Waals surface area (Å²) in [5.41, 5.74) is 2.01. The highest BCUT2D eigenvalue weighted by atomic mass is 32.1. The Morgan fingerprint density at radius 3 is 2.65 bits per heavy atom. The Labute approximate surface area is 105 Å². The van der Waals surface area contributed by atoms with Gasteiger partial charge in [-0.05, 0) is 25.0 Å². The van der Waals surface area contributed by atoms with Crippen LogP contribution in [0.25, 0.3) is 0 Å². The minimum absolute atomic E-state index is 0.0901. The molecule has 2 aromatic heterocycles. The maximum Gasteiger partial charge on any atom is 0.180 e. The number of aromatic nitrogens is 2. The Morgan fingerprint density at radius 1 is 1.29 bits per heavy atom. The van der Waals surface area contributed by atoms with Gasteiger partial charge in [-0.2, -0.15) is 0 Å². The molecule has 0 bridgehead atoms. The second kappa shape index (κ2) is 5.19. The number of pyridine rings is 1. The summed E-state index contributed by atoms with van der Waals surface area (Å²) in [5, 5.41) is 0.919. The van der Waals surface area contributed by atoms with Crippen molar-refractivity contribution in [1.29, 1.82) is 0 Å². The summed E-state index contributed by atoms with van der Waals surface area (Å²) in [6, 6.07) is 3.94. The highest BCUT2D eigenvalue weighted by Crippen LogP contribution is 2.14. The number of rotatable bonds is 4. The van der Waals surface area contributed by atoms with E-state index < -0.39 is 0 Å². The lowest BCUT2D eigenvalue weighted by molar-refractivity contribution is 0.0995. The standard InChI is InChI=1S/C13H14N2OS/c1-3-10-4-5-11(15-7-10)6-12(16)13-8-14-9(2)17-13/h4-5,7-8H,3,6H2,1-2H3. The lowest BCUT2D eigenvalue weighted by atomic mass is 10.1. The van der Waals surface area contributed by atoms with Gasteiger partial charge in [0.1, 0.15) is 0 Å². The van der Waals surface area contributed by atoms with Crippen LogP contribution in [0, 0.1) is 6.92 Å². The Bertz CT molecular complexity index is 516. The summed E-state index contributed by atoms with van der Waals surface area (Å²) in [5.74, 6) is 0.0901. The third-order valence-corrected chi connectivity index (χ3v) is 3.49. The molecule has 0 spiro atoms. The van der Waals surface area contributed by atoms with Gasteiger partial charge in [0.25, 0.3) is 0 Å². The van der Waals surface area contributed by atoms with Crippen LogP contribution in [-0.4, -0.2) is 15.8 Å². The smallest absolute Gasteiger partial charge is 0.180 e. The number of hydrogen-bond acceptors (Lipinski definition) is 4. The first kappa shape index (κ1) is 11.9. The van der Waals surface area contributed by atoms with Gasteiger partial charge in [-0.25, -0.2) is 4.98 Å². The first-order chi connectivity index (χ1) is 8.19. The number of nitrogens with zero attached hydrogens (tertiary/aromatic N) is 2. The fourth-order valence-corrected chi connectivity index (χ4v) is 2.23. The van der Waals surface area contributed by atoms with E-state index in [0.29, 0.717) is 11.3 Å². The zero-order chi connectivity index (χ0) is 12.3. The molecule has 0 atom stereocenters. The van der Waals surface area contributed by atoms with Gasteiger partial charge in [-0.15, -0.1) is 11.3 Å². The monoisotopic (exact) mass is 246 g/mol. The molecule has 2 rings (SSSR count). The minimum atomic E-state index is 0.0901. The van der Waals surface area contributed by atoms with Crippen LogP contribution in [-0.2, 0) is 12.8 Å². The molecule has 2 aromatic rings. The summed E-state index contributed by atoms with van der Waals surface area (Å²) >= 11 is 1.43. The molecule has 0 saturated heterocycles. The zero-order valence-corrected chi connectivity index (χ0v) is 10.8. The Kier molecular flexibility index (Phi) is 3.64. The summed E-state index contributed by atoms with van der Waals surface area (Å²) in [7, 11) is 0. The normalized spacial score (nSPS) is 10.5. The molecule has 0 unspecified atom stereocenters. The number of aryl methyl sites for hydroxylation is 2. The molecule has 0 amide bonds. The topological polar surface area (TPSA) is 42.9 Å². The third kappa shape index (κ3) is 2.97. The number of Topliss-reactive ketones (excluding diaryl/α,β-unsaturated/α-hetero) is 1. The fourth-order valence-electron chi connectivity index (χ4n) is 1.51. The molecule has 3 nitrogen and oxygen atoms in total. The summed E-state index contributed by atoms with van der Waals surface area (Å²) < 4.78 is 0. The van der Waals surface area contributed by atoms with E-state index in [1.54, 1.807) is 6.20 Å². The van der Waals surface area contributed by atoms with Crippen LogP contribution in [0.3, 0.4) is 0 Å². The molecule has 0 radical (unpaired) electrons. The van der Waals surface area contributed by atoms with Crippen LogP contribution < -0.4 is 0 Å². The molecular formula is C13H14N2OS. The van der Waals surface area contributed by atoms with Crippen molar-refractivity contribution in [2.75, 3.05) is 0 Å². The predicted octanol–water partition coefficient (Wildman–Crippen LogP) is 2.83. The predicted molar refractivity (Wildman–Crippen MR) is 68.5 cm³/mol. The van der Waals surface area contributed by atoms with E-state index in [0.717, 1.165) is 17.1 Å². The van der Waals surface area contributed by atoms with Gasteiger partial charge >= 0.3 is 0 Å². The summed E-state index contributed by atoms with van der Waals surface area (Å²) in [6.07, 6.45) is 4.80. The first-order valence-electron chi connectivity index (χ1n) is 5.58. The van der Waals surface area contributed by atoms with Crippen molar-refractivity contribution >= 4 is 17.1 Å². The summed E-state index contributed by atoms with van der Waals surface area (Å²) in [6.45, 7) is 3.98. The minimum Gasteiger partial charge on any atom is -0.293 e. The molecule has 0 aromatic carbocycles. The Morgan fingerprint density at radius 2 is 2.12 bits per heavy atom. The van der Waals surface area contributed by atoms with Crippen LogP contribution in [0.1, 0.15) is 32.9 Å². The molecule has 0 aliphatic carbocycles. The van der Waals surface area contributed by atoms with Crippen molar-refractivity contribution < 1.29 is 4.79 Å². The van der Waals surface area contributed by atoms with Gasteiger partial charge in [0, 0.05) is 18.1 Å². The van der Waals surface area contributed by atoms with E-state index in [9.17, 15) is 4.79 Å². The van der Waals surface area contributed by atoms with Gasteiger partial charge in [-0.1, -0.05) is 13.0 Å².